The molecule has 0 radical (unpaired) electrons. The van der Waals surface area contributed by atoms with E-state index in [2.05, 4.69) is 34.2 Å². The molecule has 0 spiro atoms. The minimum absolute atomic E-state index is 0.472. The summed E-state index contributed by atoms with van der Waals surface area (Å²) in [5.41, 5.74) is 5.80. The van der Waals surface area contributed by atoms with Gasteiger partial charge in [0.25, 0.3) is 0 Å². The third-order valence-electron chi connectivity index (χ3n) is 3.55. The van der Waals surface area contributed by atoms with E-state index in [9.17, 15) is 0 Å². The van der Waals surface area contributed by atoms with Crippen LogP contribution in [0.2, 0.25) is 0 Å². The number of rotatable bonds is 3. The molecule has 2 unspecified atom stereocenters. The number of hydrogen-bond donors (Lipinski definition) is 2. The summed E-state index contributed by atoms with van der Waals surface area (Å²) in [5, 5.41) is 3.51. The molecule has 0 amide bonds. The van der Waals surface area contributed by atoms with Crippen molar-refractivity contribution < 1.29 is 0 Å². The molecule has 18 heavy (non-hydrogen) atoms. The quantitative estimate of drug-likeness (QED) is 0.847. The Kier molecular flexibility index (Phi) is 4.01. The van der Waals surface area contributed by atoms with Crippen LogP contribution in [0.15, 0.2) is 6.07 Å². The highest BCUT2D eigenvalue weighted by molar-refractivity contribution is 5.45. The Labute approximate surface area is 109 Å². The fourth-order valence-corrected chi connectivity index (χ4v) is 2.51. The second-order valence-corrected chi connectivity index (χ2v) is 5.23. The van der Waals surface area contributed by atoms with E-state index in [-0.39, 0.29) is 0 Å². The van der Waals surface area contributed by atoms with Gasteiger partial charge in [0.05, 0.1) is 0 Å². The lowest BCUT2D eigenvalue weighted by atomic mass is 9.94. The highest BCUT2D eigenvalue weighted by Crippen LogP contribution is 2.20. The fraction of sp³-hybridized carbons (Fsp3) is 0.692. The molecule has 1 saturated heterocycles. The molecule has 0 aliphatic carbocycles. The third kappa shape index (κ3) is 3.10. The van der Waals surface area contributed by atoms with Gasteiger partial charge >= 0.3 is 0 Å². The SMILES string of the molecule is CCc1nc(N)cc(NC2CCN(C)CC2C)n1. The molecule has 1 aliphatic heterocycles. The van der Waals surface area contributed by atoms with Crippen LogP contribution in [0.1, 0.15) is 26.1 Å². The summed E-state index contributed by atoms with van der Waals surface area (Å²) < 4.78 is 0. The van der Waals surface area contributed by atoms with Crippen molar-refractivity contribution in [2.24, 2.45) is 5.92 Å². The second kappa shape index (κ2) is 5.52. The molecule has 3 N–H and O–H groups in total. The molecule has 0 aromatic carbocycles. The van der Waals surface area contributed by atoms with Gasteiger partial charge in [0.1, 0.15) is 17.5 Å². The summed E-state index contributed by atoms with van der Waals surface area (Å²) in [4.78, 5) is 11.0. The van der Waals surface area contributed by atoms with Crippen molar-refractivity contribution in [3.8, 4) is 0 Å². The van der Waals surface area contributed by atoms with Crippen molar-refractivity contribution in [1.29, 1.82) is 0 Å². The topological polar surface area (TPSA) is 67.1 Å². The summed E-state index contributed by atoms with van der Waals surface area (Å²) in [5.74, 6) is 2.83. The molecule has 1 aromatic heterocycles. The van der Waals surface area contributed by atoms with Crippen LogP contribution in [0.3, 0.4) is 0 Å². The number of nitrogens with one attached hydrogen (secondary N) is 1. The van der Waals surface area contributed by atoms with E-state index in [4.69, 9.17) is 5.73 Å². The smallest absolute Gasteiger partial charge is 0.132 e. The summed E-state index contributed by atoms with van der Waals surface area (Å²) in [6, 6.07) is 2.30. The molecule has 0 saturated carbocycles. The van der Waals surface area contributed by atoms with Crippen molar-refractivity contribution in [3.63, 3.8) is 0 Å². The van der Waals surface area contributed by atoms with E-state index < -0.39 is 0 Å². The van der Waals surface area contributed by atoms with Crippen molar-refractivity contribution in [2.45, 2.75) is 32.7 Å². The Hall–Kier alpha value is -1.36. The van der Waals surface area contributed by atoms with Gasteiger partial charge in [0.15, 0.2) is 0 Å². The normalized spacial score (nSPS) is 25.1. The van der Waals surface area contributed by atoms with Gasteiger partial charge in [-0.15, -0.1) is 0 Å². The lowest BCUT2D eigenvalue weighted by Crippen LogP contribution is -2.43. The molecule has 1 aliphatic rings. The number of nitrogens with zero attached hydrogens (tertiary/aromatic N) is 3. The minimum Gasteiger partial charge on any atom is -0.384 e. The maximum absolute atomic E-state index is 5.80. The Bertz CT molecular complexity index is 406. The first kappa shape index (κ1) is 13.1. The van der Waals surface area contributed by atoms with Crippen molar-refractivity contribution >= 4 is 11.6 Å². The molecular formula is C13H23N5. The van der Waals surface area contributed by atoms with E-state index in [1.54, 1.807) is 0 Å². The molecule has 1 aromatic rings. The zero-order valence-electron chi connectivity index (χ0n) is 11.5. The highest BCUT2D eigenvalue weighted by Gasteiger charge is 2.24. The Balaban J connectivity index is 2.06. The first-order valence-electron chi connectivity index (χ1n) is 6.67. The molecule has 5 heteroatoms. The number of aromatic nitrogens is 2. The molecule has 5 nitrogen and oxygen atoms in total. The van der Waals surface area contributed by atoms with Crippen LogP contribution in [-0.2, 0) is 6.42 Å². The van der Waals surface area contributed by atoms with Gasteiger partial charge in [0, 0.05) is 25.1 Å². The molecule has 0 bridgehead atoms. The van der Waals surface area contributed by atoms with Crippen LogP contribution in [0.5, 0.6) is 0 Å². The van der Waals surface area contributed by atoms with E-state index in [0.717, 1.165) is 37.6 Å². The first-order valence-corrected chi connectivity index (χ1v) is 6.67. The highest BCUT2D eigenvalue weighted by atomic mass is 15.1. The van der Waals surface area contributed by atoms with Crippen LogP contribution in [-0.4, -0.2) is 41.0 Å². The van der Waals surface area contributed by atoms with Crippen LogP contribution in [0.4, 0.5) is 11.6 Å². The van der Waals surface area contributed by atoms with Crippen molar-refractivity contribution in [3.05, 3.63) is 11.9 Å². The monoisotopic (exact) mass is 249 g/mol. The van der Waals surface area contributed by atoms with Gasteiger partial charge in [-0.1, -0.05) is 13.8 Å². The fourth-order valence-electron chi connectivity index (χ4n) is 2.51. The Morgan fingerprint density at radius 1 is 1.50 bits per heavy atom. The first-order chi connectivity index (χ1) is 8.58. The van der Waals surface area contributed by atoms with Crippen LogP contribution < -0.4 is 11.1 Å². The number of anilines is 2. The lowest BCUT2D eigenvalue weighted by Gasteiger charge is -2.35. The zero-order chi connectivity index (χ0) is 13.1. The molecule has 2 atom stereocenters. The van der Waals surface area contributed by atoms with E-state index in [0.29, 0.717) is 17.8 Å². The summed E-state index contributed by atoms with van der Waals surface area (Å²) in [6.45, 7) is 6.57. The summed E-state index contributed by atoms with van der Waals surface area (Å²) in [6.07, 6.45) is 1.95. The predicted molar refractivity (Wildman–Crippen MR) is 74.5 cm³/mol. The Morgan fingerprint density at radius 2 is 2.28 bits per heavy atom. The zero-order valence-corrected chi connectivity index (χ0v) is 11.5. The number of likely N-dealkylation sites (tertiary alicyclic amines) is 1. The number of nitrogen functional groups attached to an aromatic ring is 1. The maximum atomic E-state index is 5.80. The van der Waals surface area contributed by atoms with E-state index in [1.165, 1.54) is 0 Å². The van der Waals surface area contributed by atoms with Gasteiger partial charge in [-0.3, -0.25) is 0 Å². The lowest BCUT2D eigenvalue weighted by molar-refractivity contribution is 0.206. The van der Waals surface area contributed by atoms with Crippen LogP contribution in [0, 0.1) is 5.92 Å². The number of aryl methyl sites for hydroxylation is 1. The third-order valence-corrected chi connectivity index (χ3v) is 3.55. The predicted octanol–water partition coefficient (Wildman–Crippen LogP) is 1.37. The van der Waals surface area contributed by atoms with Gasteiger partial charge in [-0.2, -0.15) is 0 Å². The number of nitrogens with two attached hydrogens (primary N) is 1. The molecule has 1 fully saturated rings. The molecule has 100 valence electrons. The molecule has 2 rings (SSSR count). The standard InChI is InChI=1S/C13H23N5/c1-4-12-16-11(14)7-13(17-12)15-10-5-6-18(3)8-9(10)2/h7,9-10H,4-6,8H2,1-3H3,(H3,14,15,16,17). The van der Waals surface area contributed by atoms with Gasteiger partial charge in [-0.05, 0) is 25.9 Å². The molecular weight excluding hydrogens is 226 g/mol. The van der Waals surface area contributed by atoms with Gasteiger partial charge in [-0.25, -0.2) is 9.97 Å². The summed E-state index contributed by atoms with van der Waals surface area (Å²) in [7, 11) is 2.17. The summed E-state index contributed by atoms with van der Waals surface area (Å²) >= 11 is 0. The van der Waals surface area contributed by atoms with Crippen molar-refractivity contribution in [1.82, 2.24) is 14.9 Å². The average molecular weight is 249 g/mol. The van der Waals surface area contributed by atoms with Crippen LogP contribution in [0.25, 0.3) is 0 Å². The maximum Gasteiger partial charge on any atom is 0.132 e. The average Bonchev–Trinajstić information content (AvgIpc) is 2.32. The van der Waals surface area contributed by atoms with Crippen molar-refractivity contribution in [2.75, 3.05) is 31.2 Å². The number of piperidine rings is 1. The van der Waals surface area contributed by atoms with E-state index >= 15 is 0 Å². The van der Waals surface area contributed by atoms with Gasteiger partial charge in [0.2, 0.25) is 0 Å². The number of hydrogen-bond acceptors (Lipinski definition) is 5. The van der Waals surface area contributed by atoms with E-state index in [1.807, 2.05) is 13.0 Å². The van der Waals surface area contributed by atoms with Crippen LogP contribution >= 0.6 is 0 Å². The largest absolute Gasteiger partial charge is 0.384 e. The minimum atomic E-state index is 0.472. The second-order valence-electron chi connectivity index (χ2n) is 5.23. The molecule has 2 heterocycles. The Morgan fingerprint density at radius 3 is 2.94 bits per heavy atom. The van der Waals surface area contributed by atoms with Gasteiger partial charge < -0.3 is 16.0 Å².